The number of carboxylic acids is 1. The standard InChI is InChI=1S/C26H24ClNO5/c1-4-18-9-11-21(28-24(18)5-2)16-32-23-8-6-7-22(14-23)31-15-19-13-20(27)10-12-25(19)33-17(3)26(29)30/h4-14,17H,1-2,15-16H2,3H3,(H,29,30). The molecule has 3 rings (SSSR count). The van der Waals surface area contributed by atoms with E-state index in [-0.39, 0.29) is 13.2 Å². The fraction of sp³-hybridized carbons (Fsp3) is 0.154. The van der Waals surface area contributed by atoms with E-state index >= 15 is 0 Å². The lowest BCUT2D eigenvalue weighted by Crippen LogP contribution is -2.23. The lowest BCUT2D eigenvalue weighted by atomic mass is 10.1. The quantitative estimate of drug-likeness (QED) is 0.372. The van der Waals surface area contributed by atoms with E-state index in [2.05, 4.69) is 18.1 Å². The number of pyridine rings is 1. The Bertz CT molecular complexity index is 1160. The summed E-state index contributed by atoms with van der Waals surface area (Å²) < 4.78 is 17.3. The second-order valence-corrected chi connectivity index (χ2v) is 7.52. The Morgan fingerprint density at radius 1 is 1.06 bits per heavy atom. The van der Waals surface area contributed by atoms with Gasteiger partial charge in [-0.25, -0.2) is 9.78 Å². The first-order chi connectivity index (χ1) is 15.9. The number of aliphatic carboxylic acids is 1. The van der Waals surface area contributed by atoms with Gasteiger partial charge in [0.15, 0.2) is 6.10 Å². The predicted molar refractivity (Wildman–Crippen MR) is 129 cm³/mol. The summed E-state index contributed by atoms with van der Waals surface area (Å²) in [4.78, 5) is 15.6. The van der Waals surface area contributed by atoms with E-state index in [1.165, 1.54) is 6.92 Å². The maximum absolute atomic E-state index is 11.1. The summed E-state index contributed by atoms with van der Waals surface area (Å²) in [6.07, 6.45) is 2.41. The van der Waals surface area contributed by atoms with Crippen molar-refractivity contribution in [1.82, 2.24) is 4.98 Å². The molecule has 0 saturated carbocycles. The summed E-state index contributed by atoms with van der Waals surface area (Å²) >= 11 is 6.10. The number of hydrogen-bond donors (Lipinski definition) is 1. The Labute approximate surface area is 197 Å². The van der Waals surface area contributed by atoms with E-state index in [1.807, 2.05) is 24.3 Å². The third-order valence-electron chi connectivity index (χ3n) is 4.69. The van der Waals surface area contributed by atoms with Crippen LogP contribution in [0.15, 0.2) is 67.8 Å². The molecule has 2 aromatic carbocycles. The van der Waals surface area contributed by atoms with Crippen molar-refractivity contribution in [3.63, 3.8) is 0 Å². The Morgan fingerprint density at radius 2 is 1.79 bits per heavy atom. The van der Waals surface area contributed by atoms with E-state index in [0.717, 1.165) is 17.0 Å². The van der Waals surface area contributed by atoms with Crippen LogP contribution >= 0.6 is 11.6 Å². The molecule has 6 nitrogen and oxygen atoms in total. The maximum atomic E-state index is 11.1. The molecule has 0 aliphatic rings. The van der Waals surface area contributed by atoms with Gasteiger partial charge in [-0.1, -0.05) is 43.0 Å². The second kappa shape index (κ2) is 11.2. The van der Waals surface area contributed by atoms with Gasteiger partial charge in [0.25, 0.3) is 0 Å². The molecule has 33 heavy (non-hydrogen) atoms. The van der Waals surface area contributed by atoms with Gasteiger partial charge in [-0.2, -0.15) is 0 Å². The van der Waals surface area contributed by atoms with Crippen molar-refractivity contribution in [2.75, 3.05) is 0 Å². The van der Waals surface area contributed by atoms with Crippen LogP contribution in [0.5, 0.6) is 17.2 Å². The number of benzene rings is 2. The molecule has 0 amide bonds. The number of aromatic nitrogens is 1. The molecule has 1 N–H and O–H groups in total. The van der Waals surface area contributed by atoms with Crippen molar-refractivity contribution in [3.8, 4) is 17.2 Å². The largest absolute Gasteiger partial charge is 0.489 e. The third kappa shape index (κ3) is 6.60. The third-order valence-corrected chi connectivity index (χ3v) is 4.92. The molecule has 0 bridgehead atoms. The minimum Gasteiger partial charge on any atom is -0.489 e. The predicted octanol–water partition coefficient (Wildman–Crippen LogP) is 6.03. The van der Waals surface area contributed by atoms with Crippen LogP contribution in [0.1, 0.15) is 29.4 Å². The van der Waals surface area contributed by atoms with Crippen LogP contribution in [-0.2, 0) is 18.0 Å². The molecule has 0 spiro atoms. The van der Waals surface area contributed by atoms with Crippen LogP contribution in [0.4, 0.5) is 0 Å². The van der Waals surface area contributed by atoms with Crippen LogP contribution in [0.25, 0.3) is 12.2 Å². The van der Waals surface area contributed by atoms with Crippen molar-refractivity contribution in [2.24, 2.45) is 0 Å². The average Bonchev–Trinajstić information content (AvgIpc) is 2.82. The van der Waals surface area contributed by atoms with Crippen LogP contribution < -0.4 is 14.2 Å². The van der Waals surface area contributed by atoms with E-state index < -0.39 is 12.1 Å². The zero-order chi connectivity index (χ0) is 23.8. The average molecular weight is 466 g/mol. The van der Waals surface area contributed by atoms with Crippen LogP contribution in [0.3, 0.4) is 0 Å². The minimum absolute atomic E-state index is 0.138. The maximum Gasteiger partial charge on any atom is 0.344 e. The Hall–Kier alpha value is -3.77. The van der Waals surface area contributed by atoms with Gasteiger partial charge in [-0.3, -0.25) is 0 Å². The highest BCUT2D eigenvalue weighted by Crippen LogP contribution is 2.27. The van der Waals surface area contributed by atoms with Gasteiger partial charge < -0.3 is 19.3 Å². The van der Waals surface area contributed by atoms with Gasteiger partial charge >= 0.3 is 5.97 Å². The second-order valence-electron chi connectivity index (χ2n) is 7.09. The van der Waals surface area contributed by atoms with Gasteiger partial charge in [0, 0.05) is 16.7 Å². The number of carboxylic acid groups (broad SMARTS) is 1. The van der Waals surface area contributed by atoms with E-state index in [9.17, 15) is 4.79 Å². The molecule has 0 radical (unpaired) electrons. The minimum atomic E-state index is -1.06. The topological polar surface area (TPSA) is 77.9 Å². The molecule has 170 valence electrons. The highest BCUT2D eigenvalue weighted by molar-refractivity contribution is 6.30. The molecular formula is C26H24ClNO5. The molecular weight excluding hydrogens is 442 g/mol. The van der Waals surface area contributed by atoms with Crippen molar-refractivity contribution in [3.05, 3.63) is 95.3 Å². The fourth-order valence-corrected chi connectivity index (χ4v) is 3.13. The van der Waals surface area contributed by atoms with Crippen molar-refractivity contribution in [2.45, 2.75) is 26.2 Å². The molecule has 1 unspecified atom stereocenters. The van der Waals surface area contributed by atoms with Crippen LogP contribution in [-0.4, -0.2) is 22.2 Å². The molecule has 1 aromatic heterocycles. The Balaban J connectivity index is 1.66. The lowest BCUT2D eigenvalue weighted by molar-refractivity contribution is -0.144. The van der Waals surface area contributed by atoms with Gasteiger partial charge in [-0.15, -0.1) is 0 Å². The number of halogens is 1. The summed E-state index contributed by atoms with van der Waals surface area (Å²) in [7, 11) is 0. The smallest absolute Gasteiger partial charge is 0.344 e. The SMILES string of the molecule is C=Cc1ccc(COc2cccc(OCc3cc(Cl)ccc3OC(C)C(=O)O)c2)nc1C=C. The molecule has 7 heteroatoms. The van der Waals surface area contributed by atoms with Crippen molar-refractivity contribution in [1.29, 1.82) is 0 Å². The number of carbonyl (C=O) groups is 1. The van der Waals surface area contributed by atoms with Gasteiger partial charge in [0.05, 0.1) is 11.4 Å². The zero-order valence-corrected chi connectivity index (χ0v) is 18.9. The first-order valence-electron chi connectivity index (χ1n) is 10.2. The van der Waals surface area contributed by atoms with Crippen molar-refractivity contribution < 1.29 is 24.1 Å². The van der Waals surface area contributed by atoms with Crippen LogP contribution in [0.2, 0.25) is 5.02 Å². The Kier molecular flexibility index (Phi) is 8.11. The molecule has 1 heterocycles. The molecule has 0 aliphatic heterocycles. The molecule has 1 atom stereocenters. The number of nitrogens with zero attached hydrogens (tertiary/aromatic N) is 1. The summed E-state index contributed by atoms with van der Waals surface area (Å²) in [5, 5.41) is 9.60. The van der Waals surface area contributed by atoms with Gasteiger partial charge in [0.1, 0.15) is 30.5 Å². The zero-order valence-electron chi connectivity index (χ0n) is 18.2. The van der Waals surface area contributed by atoms with Crippen molar-refractivity contribution >= 4 is 29.7 Å². The highest BCUT2D eigenvalue weighted by atomic mass is 35.5. The van der Waals surface area contributed by atoms with Crippen LogP contribution in [0, 0.1) is 0 Å². The first kappa shape index (κ1) is 23.9. The number of rotatable bonds is 11. The van der Waals surface area contributed by atoms with Gasteiger partial charge in [0.2, 0.25) is 0 Å². The van der Waals surface area contributed by atoms with Gasteiger partial charge in [-0.05, 0) is 55.0 Å². The van der Waals surface area contributed by atoms with E-state index in [4.69, 9.17) is 30.9 Å². The molecule has 0 fully saturated rings. The lowest BCUT2D eigenvalue weighted by Gasteiger charge is -2.16. The number of hydrogen-bond acceptors (Lipinski definition) is 5. The number of ether oxygens (including phenoxy) is 3. The highest BCUT2D eigenvalue weighted by Gasteiger charge is 2.15. The molecule has 0 saturated heterocycles. The summed E-state index contributed by atoms with van der Waals surface area (Å²) in [5.74, 6) is 0.528. The summed E-state index contributed by atoms with van der Waals surface area (Å²) in [5.41, 5.74) is 3.05. The monoisotopic (exact) mass is 465 g/mol. The normalized spacial score (nSPS) is 11.3. The molecule has 3 aromatic rings. The van der Waals surface area contributed by atoms with E-state index in [1.54, 1.807) is 42.5 Å². The van der Waals surface area contributed by atoms with E-state index in [0.29, 0.717) is 27.8 Å². The Morgan fingerprint density at radius 3 is 2.45 bits per heavy atom. The fourth-order valence-electron chi connectivity index (χ4n) is 2.93. The first-order valence-corrected chi connectivity index (χ1v) is 10.6. The molecule has 0 aliphatic carbocycles. The summed E-state index contributed by atoms with van der Waals surface area (Å²) in [6.45, 7) is 9.42. The summed E-state index contributed by atoms with van der Waals surface area (Å²) in [6, 6.07) is 15.9.